The zero-order chi connectivity index (χ0) is 29.9. The van der Waals surface area contributed by atoms with Gasteiger partial charge in [-0.05, 0) is 63.3 Å². The number of rotatable bonds is 8. The van der Waals surface area contributed by atoms with Crippen molar-refractivity contribution in [3.05, 3.63) is 53.5 Å². The molecule has 0 spiro atoms. The number of aromatic nitrogens is 3. The second-order valence-electron chi connectivity index (χ2n) is 12.0. The minimum absolute atomic E-state index is 0.0414. The third kappa shape index (κ3) is 5.32. The minimum atomic E-state index is -3.60. The topological polar surface area (TPSA) is 125 Å². The van der Waals surface area contributed by atoms with Crippen molar-refractivity contribution in [3.63, 3.8) is 0 Å². The predicted octanol–water partition coefficient (Wildman–Crippen LogP) is 3.86. The molecule has 11 nitrogen and oxygen atoms in total. The van der Waals surface area contributed by atoms with Crippen molar-refractivity contribution in [1.29, 1.82) is 0 Å². The van der Waals surface area contributed by atoms with Gasteiger partial charge in [-0.15, -0.1) is 11.3 Å². The number of amides is 1. The van der Waals surface area contributed by atoms with Crippen molar-refractivity contribution in [1.82, 2.24) is 29.2 Å². The third-order valence-electron chi connectivity index (χ3n) is 8.96. The van der Waals surface area contributed by atoms with Crippen molar-refractivity contribution in [3.8, 4) is 10.6 Å². The number of hydrogen-bond donors (Lipinski definition) is 1. The standard InChI is InChI=1S/C30H35N7O4S2/c1-18(33-29-23-5-4-6-24(27(23)31-17-32-29)30(38)36-15-21-13-22(21)16-36)14-35-9-11-37(12-10-35)43(39,40)26-8-7-25(42-26)28-19(2)20(3)34-41-28/h4-8,17-18,21-22H,9-16H2,1-3H3,(H,31,32,33). The van der Waals surface area contributed by atoms with Gasteiger partial charge in [0.15, 0.2) is 5.76 Å². The highest BCUT2D eigenvalue weighted by Crippen LogP contribution is 2.45. The summed E-state index contributed by atoms with van der Waals surface area (Å²) in [6.07, 6.45) is 2.76. The summed E-state index contributed by atoms with van der Waals surface area (Å²) in [5.41, 5.74) is 3.01. The lowest BCUT2D eigenvalue weighted by Crippen LogP contribution is -2.50. The van der Waals surface area contributed by atoms with Gasteiger partial charge in [0.1, 0.15) is 16.4 Å². The molecule has 1 saturated carbocycles. The van der Waals surface area contributed by atoms with Gasteiger partial charge in [-0.25, -0.2) is 18.4 Å². The molecule has 43 heavy (non-hydrogen) atoms. The van der Waals surface area contributed by atoms with Crippen LogP contribution in [0.5, 0.6) is 0 Å². The van der Waals surface area contributed by atoms with Crippen LogP contribution in [-0.4, -0.2) is 95.4 Å². The van der Waals surface area contributed by atoms with Crippen molar-refractivity contribution in [2.45, 2.75) is 37.4 Å². The van der Waals surface area contributed by atoms with Crippen LogP contribution in [-0.2, 0) is 10.0 Å². The van der Waals surface area contributed by atoms with Gasteiger partial charge in [-0.2, -0.15) is 4.31 Å². The lowest BCUT2D eigenvalue weighted by Gasteiger charge is -2.35. The van der Waals surface area contributed by atoms with Gasteiger partial charge < -0.3 is 14.7 Å². The highest BCUT2D eigenvalue weighted by atomic mass is 32.2. The van der Waals surface area contributed by atoms with Crippen LogP contribution < -0.4 is 5.32 Å². The van der Waals surface area contributed by atoms with Gasteiger partial charge in [-0.1, -0.05) is 11.2 Å². The second kappa shape index (κ2) is 11.0. The van der Waals surface area contributed by atoms with E-state index in [9.17, 15) is 13.2 Å². The van der Waals surface area contributed by atoms with Crippen LogP contribution in [0.15, 0.2) is 45.4 Å². The van der Waals surface area contributed by atoms with E-state index >= 15 is 0 Å². The highest BCUT2D eigenvalue weighted by molar-refractivity contribution is 7.91. The average molecular weight is 622 g/mol. The summed E-state index contributed by atoms with van der Waals surface area (Å²) in [5, 5.41) is 8.33. The second-order valence-corrected chi connectivity index (χ2v) is 15.2. The maximum absolute atomic E-state index is 13.4. The van der Waals surface area contributed by atoms with Crippen LogP contribution >= 0.6 is 11.3 Å². The van der Waals surface area contributed by atoms with Gasteiger partial charge in [0.2, 0.25) is 0 Å². The first-order valence-corrected chi connectivity index (χ1v) is 17.0. The van der Waals surface area contributed by atoms with Gasteiger partial charge in [0.25, 0.3) is 15.9 Å². The lowest BCUT2D eigenvalue weighted by molar-refractivity contribution is 0.0777. The number of thiophene rings is 1. The number of anilines is 1. The summed E-state index contributed by atoms with van der Waals surface area (Å²) < 4.78 is 34.1. The third-order valence-corrected chi connectivity index (χ3v) is 12.4. The van der Waals surface area contributed by atoms with E-state index in [-0.39, 0.29) is 11.9 Å². The van der Waals surface area contributed by atoms with E-state index in [1.165, 1.54) is 24.1 Å². The normalized spacial score (nSPS) is 21.7. The number of carbonyl (C=O) groups excluding carboxylic acids is 1. The lowest BCUT2D eigenvalue weighted by atomic mass is 10.1. The molecular formula is C30H35N7O4S2. The smallest absolute Gasteiger partial charge is 0.256 e. The summed E-state index contributed by atoms with van der Waals surface area (Å²) in [6.45, 7) is 10.4. The molecule has 5 heterocycles. The monoisotopic (exact) mass is 621 g/mol. The van der Waals surface area contributed by atoms with Crippen LogP contribution in [0.3, 0.4) is 0 Å². The molecule has 3 atom stereocenters. The van der Waals surface area contributed by atoms with E-state index in [1.54, 1.807) is 16.4 Å². The summed E-state index contributed by atoms with van der Waals surface area (Å²) in [7, 11) is -3.60. The Labute approximate surface area is 254 Å². The highest BCUT2D eigenvalue weighted by Gasteiger charge is 2.46. The van der Waals surface area contributed by atoms with Crippen molar-refractivity contribution in [2.24, 2.45) is 11.8 Å². The molecular weight excluding hydrogens is 587 g/mol. The van der Waals surface area contributed by atoms with Crippen LogP contribution in [0.4, 0.5) is 5.82 Å². The largest absolute Gasteiger partial charge is 0.366 e. The molecule has 226 valence electrons. The van der Waals surface area contributed by atoms with Crippen LogP contribution in [0, 0.1) is 25.7 Å². The maximum Gasteiger partial charge on any atom is 0.256 e. The molecule has 1 amide bonds. The number of para-hydroxylation sites is 1. The van der Waals surface area contributed by atoms with Crippen LogP contribution in [0.2, 0.25) is 0 Å². The number of likely N-dealkylation sites (tertiary alicyclic amines) is 1. The Morgan fingerprint density at radius 2 is 1.86 bits per heavy atom. The van der Waals surface area contributed by atoms with Crippen LogP contribution in [0.1, 0.15) is 35.0 Å². The molecule has 1 N–H and O–H groups in total. The number of fused-ring (bicyclic) bond motifs is 2. The quantitative estimate of drug-likeness (QED) is 0.312. The Hall–Kier alpha value is -3.39. The first-order chi connectivity index (χ1) is 20.7. The molecule has 0 radical (unpaired) electrons. The zero-order valence-electron chi connectivity index (χ0n) is 24.5. The zero-order valence-corrected chi connectivity index (χ0v) is 26.1. The molecule has 2 aliphatic heterocycles. The first kappa shape index (κ1) is 28.4. The molecule has 3 aromatic heterocycles. The SMILES string of the molecule is Cc1noc(-c2ccc(S(=O)(=O)N3CCN(CC(C)Nc4ncnc5c(C(=O)N6CC7CC7C6)cccc45)CC3)s2)c1C. The minimum Gasteiger partial charge on any atom is -0.366 e. The van der Waals surface area contributed by atoms with Gasteiger partial charge in [0.05, 0.1) is 21.7 Å². The number of hydrogen-bond acceptors (Lipinski definition) is 10. The number of aryl methyl sites for hydroxylation is 1. The summed E-state index contributed by atoms with van der Waals surface area (Å²) in [4.78, 5) is 27.3. The number of carbonyl (C=O) groups is 1. The van der Waals surface area contributed by atoms with E-state index in [1.807, 2.05) is 36.9 Å². The fraction of sp³-hybridized carbons (Fsp3) is 0.467. The Morgan fingerprint density at radius 3 is 2.58 bits per heavy atom. The van der Waals surface area contributed by atoms with Gasteiger partial charge in [0, 0.05) is 62.8 Å². The average Bonchev–Trinajstić information content (AvgIpc) is 3.32. The van der Waals surface area contributed by atoms with Gasteiger partial charge >= 0.3 is 0 Å². The van der Waals surface area contributed by atoms with Crippen LogP contribution in [0.25, 0.3) is 21.5 Å². The van der Waals surface area contributed by atoms with E-state index in [4.69, 9.17) is 4.52 Å². The number of benzene rings is 1. The first-order valence-electron chi connectivity index (χ1n) is 14.7. The number of nitrogens with zero attached hydrogens (tertiary/aromatic N) is 6. The van der Waals surface area contributed by atoms with E-state index < -0.39 is 10.0 Å². The summed E-state index contributed by atoms with van der Waals surface area (Å²) in [6, 6.07) is 9.19. The molecule has 13 heteroatoms. The number of sulfonamides is 1. The summed E-state index contributed by atoms with van der Waals surface area (Å²) >= 11 is 1.22. The van der Waals surface area contributed by atoms with Crippen molar-refractivity contribution >= 4 is 44.0 Å². The number of piperazine rings is 1. The van der Waals surface area contributed by atoms with Crippen molar-refractivity contribution in [2.75, 3.05) is 51.1 Å². The van der Waals surface area contributed by atoms with E-state index in [0.29, 0.717) is 64.9 Å². The molecule has 3 aliphatic rings. The Bertz CT molecular complexity index is 1780. The fourth-order valence-corrected chi connectivity index (χ4v) is 9.20. The summed E-state index contributed by atoms with van der Waals surface area (Å²) in [5.74, 6) is 2.72. The Balaban J connectivity index is 0.975. The molecule has 0 bridgehead atoms. The maximum atomic E-state index is 13.4. The predicted molar refractivity (Wildman–Crippen MR) is 165 cm³/mol. The number of piperidine rings is 1. The molecule has 7 rings (SSSR count). The van der Waals surface area contributed by atoms with E-state index in [2.05, 4.69) is 32.3 Å². The molecule has 3 fully saturated rings. The number of nitrogens with one attached hydrogen (secondary N) is 1. The molecule has 2 saturated heterocycles. The molecule has 1 aromatic carbocycles. The molecule has 1 aliphatic carbocycles. The fourth-order valence-electron chi connectivity index (χ4n) is 6.28. The molecule has 4 aromatic rings. The Kier molecular flexibility index (Phi) is 7.23. The Morgan fingerprint density at radius 1 is 1.09 bits per heavy atom. The van der Waals surface area contributed by atoms with Crippen molar-refractivity contribution < 1.29 is 17.7 Å². The van der Waals surface area contributed by atoms with E-state index in [0.717, 1.165) is 41.2 Å². The molecule has 3 unspecified atom stereocenters. The van der Waals surface area contributed by atoms with Gasteiger partial charge in [-0.3, -0.25) is 9.69 Å².